The average Bonchev–Trinajstić information content (AvgIpc) is 2.79. The number of carbonyl (C=O) groups excluding carboxylic acids is 1. The fourth-order valence-electron chi connectivity index (χ4n) is 3.06. The Morgan fingerprint density at radius 2 is 1.56 bits per heavy atom. The Balaban J connectivity index is 1.95. The van der Waals surface area contributed by atoms with Crippen LogP contribution in [0, 0.1) is 11.3 Å². The van der Waals surface area contributed by atoms with Gasteiger partial charge in [0.05, 0.1) is 20.6 Å². The molecule has 0 aliphatic heterocycles. The van der Waals surface area contributed by atoms with E-state index in [9.17, 15) is 23.2 Å². The Morgan fingerprint density at radius 1 is 0.912 bits per heavy atom. The average molecular weight is 529 g/mol. The van der Waals surface area contributed by atoms with E-state index in [0.29, 0.717) is 0 Å². The van der Waals surface area contributed by atoms with Crippen LogP contribution >= 0.6 is 34.8 Å². The number of ether oxygens (including phenoxy) is 2. The van der Waals surface area contributed by atoms with Crippen molar-refractivity contribution in [2.45, 2.75) is 25.1 Å². The standard InChI is InChI=1S/C24H15Cl3F3NO3/c1-2-22(32)23(13-31,14-6-8-18(25)19(26)10-14)34-17-5-3-4-16(12-17)33-21-9-7-15(11-20(21)27)24(28,29)30/h3-12H,2H2,1H3. The molecule has 4 nitrogen and oxygen atoms in total. The van der Waals surface area contributed by atoms with Gasteiger partial charge in [0, 0.05) is 18.1 Å². The van der Waals surface area contributed by atoms with Crippen LogP contribution < -0.4 is 9.47 Å². The molecule has 10 heteroatoms. The fraction of sp³-hybridized carbons (Fsp3) is 0.167. The number of halogens is 6. The fourth-order valence-corrected chi connectivity index (χ4v) is 3.57. The Morgan fingerprint density at radius 3 is 2.15 bits per heavy atom. The largest absolute Gasteiger partial charge is 0.461 e. The number of hydrogen-bond donors (Lipinski definition) is 0. The van der Waals surface area contributed by atoms with E-state index in [0.717, 1.165) is 18.2 Å². The maximum atomic E-state index is 12.9. The highest BCUT2D eigenvalue weighted by Crippen LogP contribution is 2.38. The third kappa shape index (κ3) is 5.41. The van der Waals surface area contributed by atoms with Crippen LogP contribution in [-0.2, 0) is 16.6 Å². The van der Waals surface area contributed by atoms with Crippen LogP contribution in [0.5, 0.6) is 17.2 Å². The summed E-state index contributed by atoms with van der Waals surface area (Å²) in [6.07, 6.45) is -4.56. The molecule has 3 aromatic rings. The van der Waals surface area contributed by atoms with Gasteiger partial charge in [0.25, 0.3) is 5.60 Å². The minimum atomic E-state index is -4.55. The summed E-state index contributed by atoms with van der Waals surface area (Å²) in [6, 6.07) is 14.8. The quantitative estimate of drug-likeness (QED) is 0.310. The number of alkyl halides is 3. The van der Waals surface area contributed by atoms with Crippen molar-refractivity contribution in [3.05, 3.63) is 86.9 Å². The molecule has 34 heavy (non-hydrogen) atoms. The number of nitriles is 1. The van der Waals surface area contributed by atoms with Gasteiger partial charge >= 0.3 is 6.18 Å². The van der Waals surface area contributed by atoms with Crippen LogP contribution in [0.15, 0.2) is 60.7 Å². The molecule has 0 fully saturated rings. The van der Waals surface area contributed by atoms with E-state index in [1.54, 1.807) is 6.92 Å². The number of Topliss-reactive ketones (excluding diaryl/α,β-unsaturated/α-hetero) is 1. The Labute approximate surface area is 208 Å². The maximum absolute atomic E-state index is 12.9. The number of hydrogen-bond acceptors (Lipinski definition) is 4. The molecule has 0 radical (unpaired) electrons. The smallest absolute Gasteiger partial charge is 0.416 e. The molecular weight excluding hydrogens is 514 g/mol. The molecule has 0 saturated carbocycles. The second-order valence-corrected chi connectivity index (χ2v) is 8.24. The first-order valence-electron chi connectivity index (χ1n) is 9.74. The molecule has 0 amide bonds. The molecule has 0 aliphatic carbocycles. The van der Waals surface area contributed by atoms with Crippen molar-refractivity contribution in [1.82, 2.24) is 0 Å². The third-order valence-electron chi connectivity index (χ3n) is 4.76. The number of nitrogens with zero attached hydrogens (tertiary/aromatic N) is 1. The lowest BCUT2D eigenvalue weighted by molar-refractivity contribution is -0.137. The molecule has 0 heterocycles. The summed E-state index contributed by atoms with van der Waals surface area (Å²) in [5.41, 5.74) is -2.75. The zero-order valence-electron chi connectivity index (χ0n) is 17.4. The Kier molecular flexibility index (Phi) is 7.67. The zero-order chi connectivity index (χ0) is 25.1. The SMILES string of the molecule is CCC(=O)C(C#N)(Oc1cccc(Oc2ccc(C(F)(F)F)cc2Cl)c1)c1ccc(Cl)c(Cl)c1. The van der Waals surface area contributed by atoms with Crippen molar-refractivity contribution in [3.63, 3.8) is 0 Å². The maximum Gasteiger partial charge on any atom is 0.416 e. The molecule has 0 aromatic heterocycles. The monoisotopic (exact) mass is 527 g/mol. The highest BCUT2D eigenvalue weighted by Gasteiger charge is 2.42. The number of carbonyl (C=O) groups is 1. The summed E-state index contributed by atoms with van der Waals surface area (Å²) in [5, 5.41) is 10.1. The molecule has 1 atom stereocenters. The van der Waals surface area contributed by atoms with E-state index < -0.39 is 23.1 Å². The van der Waals surface area contributed by atoms with Crippen LogP contribution in [0.4, 0.5) is 13.2 Å². The number of benzene rings is 3. The molecule has 3 aromatic carbocycles. The molecular formula is C24H15Cl3F3NO3. The highest BCUT2D eigenvalue weighted by atomic mass is 35.5. The summed E-state index contributed by atoms with van der Waals surface area (Å²) in [4.78, 5) is 12.8. The van der Waals surface area contributed by atoms with Crippen molar-refractivity contribution in [2.75, 3.05) is 0 Å². The Hall–Kier alpha value is -2.92. The molecule has 0 N–H and O–H groups in total. The van der Waals surface area contributed by atoms with Crippen molar-refractivity contribution in [2.24, 2.45) is 0 Å². The normalized spacial score (nSPS) is 13.0. The van der Waals surface area contributed by atoms with Gasteiger partial charge in [-0.3, -0.25) is 4.79 Å². The lowest BCUT2D eigenvalue weighted by Gasteiger charge is -2.27. The number of ketones is 1. The molecule has 3 rings (SSSR count). The van der Waals surface area contributed by atoms with Crippen LogP contribution in [0.2, 0.25) is 15.1 Å². The Bertz CT molecular complexity index is 1270. The molecule has 0 spiro atoms. The molecule has 176 valence electrons. The zero-order valence-corrected chi connectivity index (χ0v) is 19.7. The van der Waals surface area contributed by atoms with Gasteiger partial charge in [0.15, 0.2) is 5.78 Å². The second kappa shape index (κ2) is 10.1. The first-order valence-corrected chi connectivity index (χ1v) is 10.9. The third-order valence-corrected chi connectivity index (χ3v) is 5.80. The predicted molar refractivity (Wildman–Crippen MR) is 123 cm³/mol. The summed E-state index contributed by atoms with van der Waals surface area (Å²) >= 11 is 18.0. The van der Waals surface area contributed by atoms with Gasteiger partial charge in [0.2, 0.25) is 0 Å². The van der Waals surface area contributed by atoms with Gasteiger partial charge in [-0.15, -0.1) is 0 Å². The predicted octanol–water partition coefficient (Wildman–Crippen LogP) is 8.23. The van der Waals surface area contributed by atoms with E-state index >= 15 is 0 Å². The minimum absolute atomic E-state index is 0.00877. The van der Waals surface area contributed by atoms with Crippen LogP contribution in [0.25, 0.3) is 0 Å². The van der Waals surface area contributed by atoms with Crippen molar-refractivity contribution in [3.8, 4) is 23.3 Å². The van der Waals surface area contributed by atoms with E-state index in [4.69, 9.17) is 44.3 Å². The first kappa shape index (κ1) is 25.7. The molecule has 0 saturated heterocycles. The van der Waals surface area contributed by atoms with E-state index in [1.807, 2.05) is 6.07 Å². The second-order valence-electron chi connectivity index (χ2n) is 7.02. The molecule has 0 aliphatic rings. The van der Waals surface area contributed by atoms with Crippen LogP contribution in [0.1, 0.15) is 24.5 Å². The van der Waals surface area contributed by atoms with Crippen LogP contribution in [-0.4, -0.2) is 5.78 Å². The van der Waals surface area contributed by atoms with Crippen molar-refractivity contribution >= 4 is 40.6 Å². The van der Waals surface area contributed by atoms with E-state index in [-0.39, 0.29) is 44.3 Å². The van der Waals surface area contributed by atoms with Crippen molar-refractivity contribution in [1.29, 1.82) is 5.26 Å². The van der Waals surface area contributed by atoms with Gasteiger partial charge in [-0.25, -0.2) is 0 Å². The van der Waals surface area contributed by atoms with E-state index in [1.165, 1.54) is 42.5 Å². The summed E-state index contributed by atoms with van der Waals surface area (Å²) in [6.45, 7) is 1.58. The molecule has 1 unspecified atom stereocenters. The van der Waals surface area contributed by atoms with Gasteiger partial charge in [-0.1, -0.05) is 53.9 Å². The van der Waals surface area contributed by atoms with Crippen molar-refractivity contribution < 1.29 is 27.4 Å². The van der Waals surface area contributed by atoms with Crippen LogP contribution in [0.3, 0.4) is 0 Å². The van der Waals surface area contributed by atoms with Gasteiger partial charge < -0.3 is 9.47 Å². The lowest BCUT2D eigenvalue weighted by Crippen LogP contribution is -2.40. The highest BCUT2D eigenvalue weighted by molar-refractivity contribution is 6.42. The van der Waals surface area contributed by atoms with Gasteiger partial charge in [-0.2, -0.15) is 18.4 Å². The topological polar surface area (TPSA) is 59.3 Å². The molecule has 0 bridgehead atoms. The summed E-state index contributed by atoms with van der Waals surface area (Å²) in [5.74, 6) is -0.294. The minimum Gasteiger partial charge on any atom is -0.461 e. The summed E-state index contributed by atoms with van der Waals surface area (Å²) in [7, 11) is 0. The summed E-state index contributed by atoms with van der Waals surface area (Å²) < 4.78 is 50.1. The van der Waals surface area contributed by atoms with Gasteiger partial charge in [0.1, 0.15) is 23.3 Å². The van der Waals surface area contributed by atoms with Gasteiger partial charge in [-0.05, 0) is 42.5 Å². The van der Waals surface area contributed by atoms with E-state index in [2.05, 4.69) is 0 Å². The first-order chi connectivity index (χ1) is 16.0. The lowest BCUT2D eigenvalue weighted by atomic mass is 9.89. The number of rotatable bonds is 7.